The minimum absolute atomic E-state index is 0.825. The van der Waals surface area contributed by atoms with Gasteiger partial charge in [-0.15, -0.1) is 0 Å². The molecule has 0 aromatic rings. The van der Waals surface area contributed by atoms with E-state index in [1.165, 1.54) is 90.0 Å². The molecule has 0 heterocycles. The van der Waals surface area contributed by atoms with Gasteiger partial charge in [0, 0.05) is 6.04 Å². The fraction of sp³-hybridized carbons (Fsp3) is 1.00. The first-order chi connectivity index (χ1) is 9.38. The predicted octanol–water partition coefficient (Wildman–Crippen LogP) is 5.30. The lowest BCUT2D eigenvalue weighted by Gasteiger charge is -2.31. The maximum absolute atomic E-state index is 3.86. The zero-order valence-corrected chi connectivity index (χ0v) is 13.1. The monoisotopic (exact) mass is 265 g/mol. The summed E-state index contributed by atoms with van der Waals surface area (Å²) in [4.78, 5) is 0. The lowest BCUT2D eigenvalue weighted by atomic mass is 9.80. The smallest absolute Gasteiger partial charge is 0.00723 e. The Balaban J connectivity index is 1.75. The molecule has 0 atom stereocenters. The predicted molar refractivity (Wildman–Crippen MR) is 84.5 cm³/mol. The van der Waals surface area contributed by atoms with Crippen molar-refractivity contribution in [1.82, 2.24) is 5.32 Å². The molecular weight excluding hydrogens is 230 g/mol. The van der Waals surface area contributed by atoms with Crippen molar-refractivity contribution in [1.29, 1.82) is 0 Å². The van der Waals surface area contributed by atoms with E-state index in [0.717, 1.165) is 17.9 Å². The van der Waals surface area contributed by atoms with Crippen LogP contribution in [0.5, 0.6) is 0 Å². The van der Waals surface area contributed by atoms with Crippen molar-refractivity contribution >= 4 is 0 Å². The Bertz CT molecular complexity index is 194. The molecule has 2 rings (SSSR count). The van der Waals surface area contributed by atoms with Crippen molar-refractivity contribution < 1.29 is 0 Å². The molecule has 0 saturated heterocycles. The van der Waals surface area contributed by atoms with Crippen LogP contribution in [0, 0.1) is 11.8 Å². The molecule has 2 aliphatic rings. The minimum Gasteiger partial charge on any atom is -0.314 e. The Kier molecular flexibility index (Phi) is 7.27. The van der Waals surface area contributed by atoms with Gasteiger partial charge in [-0.25, -0.2) is 0 Å². The fourth-order valence-corrected chi connectivity index (χ4v) is 4.26. The lowest BCUT2D eigenvalue weighted by Crippen LogP contribution is -2.34. The van der Waals surface area contributed by atoms with Gasteiger partial charge in [0.15, 0.2) is 0 Å². The molecule has 1 N–H and O–H groups in total. The number of nitrogens with one attached hydrogen (secondary N) is 1. The van der Waals surface area contributed by atoms with Crippen LogP contribution in [0.15, 0.2) is 0 Å². The van der Waals surface area contributed by atoms with Crippen LogP contribution in [0.2, 0.25) is 0 Å². The van der Waals surface area contributed by atoms with E-state index in [1.54, 1.807) is 0 Å². The Morgan fingerprint density at radius 2 is 1.26 bits per heavy atom. The second kappa shape index (κ2) is 9.00. The molecule has 2 fully saturated rings. The molecule has 0 unspecified atom stereocenters. The summed E-state index contributed by atoms with van der Waals surface area (Å²) in [6, 6.07) is 0.825. The van der Waals surface area contributed by atoms with E-state index in [1.807, 2.05) is 0 Å². The quantitative estimate of drug-likeness (QED) is 0.659. The second-order valence-electron chi connectivity index (χ2n) is 7.13. The minimum atomic E-state index is 0.825. The van der Waals surface area contributed by atoms with E-state index in [9.17, 15) is 0 Å². The van der Waals surface area contributed by atoms with Crippen molar-refractivity contribution in [3.8, 4) is 0 Å². The topological polar surface area (TPSA) is 12.0 Å². The highest BCUT2D eigenvalue weighted by Gasteiger charge is 2.22. The van der Waals surface area contributed by atoms with E-state index in [4.69, 9.17) is 0 Å². The molecule has 0 aromatic heterocycles. The summed E-state index contributed by atoms with van der Waals surface area (Å²) >= 11 is 0. The van der Waals surface area contributed by atoms with E-state index in [-0.39, 0.29) is 0 Å². The molecular formula is C18H35N. The molecule has 0 spiro atoms. The summed E-state index contributed by atoms with van der Waals surface area (Å²) in [6.07, 6.45) is 19.2. The number of hydrogen-bond acceptors (Lipinski definition) is 1. The Morgan fingerprint density at radius 1 is 0.789 bits per heavy atom. The lowest BCUT2D eigenvalue weighted by molar-refractivity contribution is 0.246. The second-order valence-corrected chi connectivity index (χ2v) is 7.13. The largest absolute Gasteiger partial charge is 0.314 e. The van der Waals surface area contributed by atoms with E-state index >= 15 is 0 Å². The maximum Gasteiger partial charge on any atom is 0.00723 e. The third-order valence-electron chi connectivity index (χ3n) is 5.37. The summed E-state index contributed by atoms with van der Waals surface area (Å²) in [5, 5.41) is 3.86. The summed E-state index contributed by atoms with van der Waals surface area (Å²) in [5.41, 5.74) is 0. The summed E-state index contributed by atoms with van der Waals surface area (Å²) in [7, 11) is 0. The van der Waals surface area contributed by atoms with E-state index in [2.05, 4.69) is 12.2 Å². The first-order valence-corrected chi connectivity index (χ1v) is 9.12. The molecule has 2 saturated carbocycles. The highest BCUT2D eigenvalue weighted by atomic mass is 14.9. The van der Waals surface area contributed by atoms with Gasteiger partial charge in [-0.05, 0) is 37.6 Å². The molecule has 0 bridgehead atoms. The number of hydrogen-bond donors (Lipinski definition) is 1. The van der Waals surface area contributed by atoms with Gasteiger partial charge in [0.2, 0.25) is 0 Å². The SMILES string of the molecule is CCCNC(CC1CCCCC1)CC1CCCCC1. The molecule has 0 amide bonds. The van der Waals surface area contributed by atoms with Gasteiger partial charge in [0.05, 0.1) is 0 Å². The average molecular weight is 265 g/mol. The highest BCUT2D eigenvalue weighted by Crippen LogP contribution is 2.32. The first-order valence-electron chi connectivity index (χ1n) is 9.12. The summed E-state index contributed by atoms with van der Waals surface area (Å²) in [6.45, 7) is 3.52. The van der Waals surface area contributed by atoms with E-state index in [0.29, 0.717) is 0 Å². The normalized spacial score (nSPS) is 23.1. The van der Waals surface area contributed by atoms with E-state index < -0.39 is 0 Å². The molecule has 0 radical (unpaired) electrons. The molecule has 19 heavy (non-hydrogen) atoms. The highest BCUT2D eigenvalue weighted by molar-refractivity contribution is 4.78. The van der Waals surface area contributed by atoms with Gasteiger partial charge in [-0.2, -0.15) is 0 Å². The van der Waals surface area contributed by atoms with Crippen molar-refractivity contribution in [2.75, 3.05) is 6.54 Å². The van der Waals surface area contributed by atoms with Crippen LogP contribution in [0.3, 0.4) is 0 Å². The van der Waals surface area contributed by atoms with Gasteiger partial charge < -0.3 is 5.32 Å². The zero-order valence-electron chi connectivity index (χ0n) is 13.1. The Morgan fingerprint density at radius 3 is 1.68 bits per heavy atom. The third-order valence-corrected chi connectivity index (χ3v) is 5.37. The summed E-state index contributed by atoms with van der Waals surface area (Å²) < 4.78 is 0. The van der Waals surface area contributed by atoms with Gasteiger partial charge in [-0.1, -0.05) is 71.1 Å². The molecule has 0 aliphatic heterocycles. The van der Waals surface area contributed by atoms with Crippen molar-refractivity contribution in [2.24, 2.45) is 11.8 Å². The molecule has 0 aromatic carbocycles. The van der Waals surface area contributed by atoms with Crippen LogP contribution in [-0.2, 0) is 0 Å². The fourth-order valence-electron chi connectivity index (χ4n) is 4.26. The van der Waals surface area contributed by atoms with Crippen LogP contribution >= 0.6 is 0 Å². The van der Waals surface area contributed by atoms with Gasteiger partial charge >= 0.3 is 0 Å². The Hall–Kier alpha value is -0.0400. The maximum atomic E-state index is 3.86. The van der Waals surface area contributed by atoms with Gasteiger partial charge in [0.25, 0.3) is 0 Å². The first kappa shape index (κ1) is 15.4. The Labute approximate surface area is 120 Å². The van der Waals surface area contributed by atoms with Crippen LogP contribution in [0.1, 0.15) is 90.4 Å². The van der Waals surface area contributed by atoms with Crippen molar-refractivity contribution in [3.63, 3.8) is 0 Å². The molecule has 112 valence electrons. The van der Waals surface area contributed by atoms with Crippen LogP contribution < -0.4 is 5.32 Å². The third kappa shape index (κ3) is 5.85. The van der Waals surface area contributed by atoms with Crippen molar-refractivity contribution in [3.05, 3.63) is 0 Å². The molecule has 1 nitrogen and oxygen atoms in total. The van der Waals surface area contributed by atoms with Crippen LogP contribution in [-0.4, -0.2) is 12.6 Å². The number of rotatable bonds is 7. The van der Waals surface area contributed by atoms with Gasteiger partial charge in [0.1, 0.15) is 0 Å². The van der Waals surface area contributed by atoms with Crippen molar-refractivity contribution in [2.45, 2.75) is 96.4 Å². The van der Waals surface area contributed by atoms with Gasteiger partial charge in [-0.3, -0.25) is 0 Å². The molecule has 2 aliphatic carbocycles. The van der Waals surface area contributed by atoms with Crippen LogP contribution in [0.4, 0.5) is 0 Å². The van der Waals surface area contributed by atoms with Crippen LogP contribution in [0.25, 0.3) is 0 Å². The average Bonchev–Trinajstić information content (AvgIpc) is 2.47. The standard InChI is InChI=1S/C18H35N/c1-2-13-19-18(14-16-9-5-3-6-10-16)15-17-11-7-4-8-12-17/h16-19H,2-15H2,1H3. The molecule has 1 heteroatoms. The zero-order chi connectivity index (χ0) is 13.3. The summed E-state index contributed by atoms with van der Waals surface area (Å²) in [5.74, 6) is 2.07.